The first-order chi connectivity index (χ1) is 19.5. The number of halogens is 1. The summed E-state index contributed by atoms with van der Waals surface area (Å²) in [5.41, 5.74) is 3.57. The summed E-state index contributed by atoms with van der Waals surface area (Å²) < 4.78 is 14.6. The number of aromatic amines is 1. The van der Waals surface area contributed by atoms with Crippen molar-refractivity contribution in [1.82, 2.24) is 49.8 Å². The topological polar surface area (TPSA) is 129 Å². The lowest BCUT2D eigenvalue weighted by atomic mass is 9.87. The number of fused-ring (bicyclic) bond motifs is 2. The first-order valence-corrected chi connectivity index (χ1v) is 13.1. The predicted molar refractivity (Wildman–Crippen MR) is 146 cm³/mol. The van der Waals surface area contributed by atoms with Crippen LogP contribution in [0.2, 0.25) is 0 Å². The Bertz CT molecular complexity index is 1630. The van der Waals surface area contributed by atoms with E-state index >= 15 is 0 Å². The number of aromatic nitrogens is 9. The third kappa shape index (κ3) is 4.75. The molecular formula is C27H27FN12. The Labute approximate surface area is 229 Å². The lowest BCUT2D eigenvalue weighted by molar-refractivity contribution is -0.00976. The second-order valence-electron chi connectivity index (χ2n) is 10.3. The molecule has 2 bridgehead atoms. The molecule has 2 unspecified atom stereocenters. The number of rotatable bonds is 7. The minimum atomic E-state index is -0.404. The number of H-pyrrole nitrogens is 1. The van der Waals surface area contributed by atoms with Crippen LogP contribution in [-0.2, 0) is 6.54 Å². The zero-order valence-electron chi connectivity index (χ0n) is 22.0. The highest BCUT2D eigenvalue weighted by molar-refractivity contribution is 5.61. The molecule has 13 heteroatoms. The minimum absolute atomic E-state index is 0.404. The van der Waals surface area contributed by atoms with Crippen LogP contribution in [0.15, 0.2) is 55.2 Å². The van der Waals surface area contributed by atoms with Gasteiger partial charge in [0.2, 0.25) is 0 Å². The van der Waals surface area contributed by atoms with Crippen molar-refractivity contribution < 1.29 is 4.39 Å². The Kier molecular flexibility index (Phi) is 5.92. The minimum Gasteiger partial charge on any atom is -0.353 e. The van der Waals surface area contributed by atoms with E-state index in [1.807, 2.05) is 44.3 Å². The number of aryl methyl sites for hydroxylation is 2. The Morgan fingerprint density at radius 2 is 1.80 bits per heavy atom. The second kappa shape index (κ2) is 9.75. The third-order valence-electron chi connectivity index (χ3n) is 7.31. The highest BCUT2D eigenvalue weighted by atomic mass is 19.1. The van der Waals surface area contributed by atoms with Gasteiger partial charge < -0.3 is 10.2 Å². The number of nitrogens with zero attached hydrogens (tertiary/aromatic N) is 10. The fourth-order valence-electron chi connectivity index (χ4n) is 5.37. The van der Waals surface area contributed by atoms with E-state index in [-0.39, 0.29) is 0 Å². The van der Waals surface area contributed by atoms with Gasteiger partial charge in [0.05, 0.1) is 30.5 Å². The van der Waals surface area contributed by atoms with E-state index in [9.17, 15) is 4.39 Å². The Morgan fingerprint density at radius 3 is 2.48 bits per heavy atom. The van der Waals surface area contributed by atoms with Crippen LogP contribution in [-0.4, -0.2) is 75.0 Å². The van der Waals surface area contributed by atoms with Gasteiger partial charge in [-0.15, -0.1) is 0 Å². The molecule has 0 saturated carbocycles. The second-order valence-corrected chi connectivity index (χ2v) is 10.3. The monoisotopic (exact) mass is 538 g/mol. The van der Waals surface area contributed by atoms with Crippen LogP contribution in [0, 0.1) is 19.7 Å². The first-order valence-electron chi connectivity index (χ1n) is 13.1. The van der Waals surface area contributed by atoms with Crippen LogP contribution in [0.3, 0.4) is 0 Å². The molecule has 2 N–H and O–H groups in total. The normalized spacial score (nSPS) is 18.5. The van der Waals surface area contributed by atoms with Gasteiger partial charge in [-0.1, -0.05) is 0 Å². The molecule has 8 rings (SSSR count). The Balaban J connectivity index is 0.991. The molecule has 3 aliphatic rings. The molecule has 0 amide bonds. The van der Waals surface area contributed by atoms with Crippen molar-refractivity contribution in [3.8, 4) is 17.2 Å². The van der Waals surface area contributed by atoms with Gasteiger partial charge in [-0.05, 0) is 32.4 Å². The maximum Gasteiger partial charge on any atom is 0.171 e. The molecule has 0 aromatic carbocycles. The summed E-state index contributed by atoms with van der Waals surface area (Å²) in [4.78, 5) is 27.8. The van der Waals surface area contributed by atoms with Crippen LogP contribution < -0.4 is 10.2 Å². The van der Waals surface area contributed by atoms with Crippen molar-refractivity contribution in [2.75, 3.05) is 23.3 Å². The Hall–Kier alpha value is -4.78. The van der Waals surface area contributed by atoms with Gasteiger partial charge in [-0.2, -0.15) is 10.2 Å². The lowest BCUT2D eigenvalue weighted by Crippen LogP contribution is -2.68. The summed E-state index contributed by atoms with van der Waals surface area (Å²) in [5, 5.41) is 14.3. The van der Waals surface area contributed by atoms with Gasteiger partial charge >= 0.3 is 0 Å². The molecule has 0 spiro atoms. The van der Waals surface area contributed by atoms with Crippen LogP contribution in [0.5, 0.6) is 0 Å². The van der Waals surface area contributed by atoms with Crippen molar-refractivity contribution >= 4 is 17.5 Å². The van der Waals surface area contributed by atoms with Crippen molar-refractivity contribution in [2.24, 2.45) is 0 Å². The summed E-state index contributed by atoms with van der Waals surface area (Å²) in [6, 6.07) is 8.75. The standard InChI is InChI=1S/C27H27FN12/c1-16-5-23(34-24-6-17(2)36-37-24)35-27(33-16)18-3-4-25(30-8-18)38-14-21-7-22(15-38)39(21)13-20-10-31-26(11-29-20)40-12-19(28)9-32-40/h3-6,8-12,21-22H,7,13-15H2,1-2H3,(H2,33,34,35,36,37). The summed E-state index contributed by atoms with van der Waals surface area (Å²) in [6.07, 6.45) is 8.81. The summed E-state index contributed by atoms with van der Waals surface area (Å²) in [7, 11) is 0. The van der Waals surface area contributed by atoms with E-state index in [4.69, 9.17) is 4.98 Å². The van der Waals surface area contributed by atoms with Gasteiger partial charge in [-0.3, -0.25) is 15.0 Å². The number of nitrogens with one attached hydrogen (secondary N) is 2. The van der Waals surface area contributed by atoms with Crippen molar-refractivity contribution in [2.45, 2.75) is 38.9 Å². The fraction of sp³-hybridized carbons (Fsp3) is 0.296. The van der Waals surface area contributed by atoms with E-state index in [0.29, 0.717) is 35.4 Å². The number of hydrogen-bond acceptors (Lipinski definition) is 10. The van der Waals surface area contributed by atoms with E-state index in [2.05, 4.69) is 50.3 Å². The maximum atomic E-state index is 13.2. The highest BCUT2D eigenvalue weighted by Crippen LogP contribution is 2.35. The molecule has 12 nitrogen and oxygen atoms in total. The van der Waals surface area contributed by atoms with Crippen LogP contribution >= 0.6 is 0 Å². The van der Waals surface area contributed by atoms with Crippen LogP contribution in [0.4, 0.5) is 21.8 Å². The molecule has 0 radical (unpaired) electrons. The molecule has 3 saturated heterocycles. The van der Waals surface area contributed by atoms with Crippen LogP contribution in [0.1, 0.15) is 23.5 Å². The van der Waals surface area contributed by atoms with E-state index in [1.165, 1.54) is 10.9 Å². The van der Waals surface area contributed by atoms with Gasteiger partial charge in [-0.25, -0.2) is 29.0 Å². The molecule has 40 heavy (non-hydrogen) atoms. The van der Waals surface area contributed by atoms with Gasteiger partial charge in [0.25, 0.3) is 0 Å². The number of piperazine rings is 1. The number of hydrogen-bond donors (Lipinski definition) is 2. The van der Waals surface area contributed by atoms with Gasteiger partial charge in [0.15, 0.2) is 23.3 Å². The molecule has 5 aromatic heterocycles. The molecule has 0 aliphatic carbocycles. The van der Waals surface area contributed by atoms with Crippen LogP contribution in [0.25, 0.3) is 17.2 Å². The van der Waals surface area contributed by atoms with Crippen molar-refractivity contribution in [1.29, 1.82) is 0 Å². The quantitative estimate of drug-likeness (QED) is 0.319. The highest BCUT2D eigenvalue weighted by Gasteiger charge is 2.44. The Morgan fingerprint density at radius 1 is 0.950 bits per heavy atom. The number of pyridine rings is 1. The first kappa shape index (κ1) is 24.3. The molecule has 5 aromatic rings. The predicted octanol–water partition coefficient (Wildman–Crippen LogP) is 3.20. The van der Waals surface area contributed by atoms with E-state index in [1.54, 1.807) is 12.4 Å². The van der Waals surface area contributed by atoms with Crippen molar-refractivity contribution in [3.63, 3.8) is 0 Å². The van der Waals surface area contributed by atoms with E-state index in [0.717, 1.165) is 60.7 Å². The molecule has 3 aliphatic heterocycles. The van der Waals surface area contributed by atoms with Crippen molar-refractivity contribution in [3.05, 3.63) is 78.1 Å². The zero-order valence-corrected chi connectivity index (χ0v) is 22.0. The largest absolute Gasteiger partial charge is 0.353 e. The van der Waals surface area contributed by atoms with Gasteiger partial charge in [0, 0.05) is 67.0 Å². The maximum absolute atomic E-state index is 13.2. The molecule has 202 valence electrons. The molecule has 3 fully saturated rings. The fourth-order valence-corrected chi connectivity index (χ4v) is 5.37. The number of piperidine rings is 1. The van der Waals surface area contributed by atoms with Gasteiger partial charge in [0.1, 0.15) is 11.6 Å². The summed E-state index contributed by atoms with van der Waals surface area (Å²) >= 11 is 0. The number of anilines is 3. The average molecular weight is 539 g/mol. The third-order valence-corrected chi connectivity index (χ3v) is 7.31. The summed E-state index contributed by atoms with van der Waals surface area (Å²) in [6.45, 7) is 6.43. The van der Waals surface area contributed by atoms with E-state index < -0.39 is 5.82 Å². The smallest absolute Gasteiger partial charge is 0.171 e. The summed E-state index contributed by atoms with van der Waals surface area (Å²) in [5.74, 6) is 3.05. The SMILES string of the molecule is Cc1cc(Nc2cc(C)[nH]n2)nc(-c2ccc(N3CC4CC(C3)N4Cc3cnc(-n4cc(F)cn4)cn3)nc2)n1. The molecule has 2 atom stereocenters. The molecule has 8 heterocycles. The zero-order chi connectivity index (χ0) is 27.2. The lowest BCUT2D eigenvalue weighted by Gasteiger charge is -2.56. The molecular weight excluding hydrogens is 511 g/mol. The average Bonchev–Trinajstić information content (AvgIpc) is 3.59.